The second-order valence-corrected chi connectivity index (χ2v) is 20.3. The number of nitrogens with one attached hydrogen (secondary N) is 2. The average molecular weight is 897 g/mol. The van der Waals surface area contributed by atoms with E-state index in [-0.39, 0.29) is 31.3 Å². The number of carbonyl (C=O) groups excluding carboxylic acids is 5. The minimum atomic E-state index is -1.02. The molecule has 0 bridgehead atoms. The van der Waals surface area contributed by atoms with Crippen molar-refractivity contribution < 1.29 is 47.7 Å². The number of aliphatic imine (C=N–C) groups is 2. The fourth-order valence-corrected chi connectivity index (χ4v) is 5.36. The molecule has 64 heavy (non-hydrogen) atoms. The van der Waals surface area contributed by atoms with E-state index in [4.69, 9.17) is 29.1 Å². The van der Waals surface area contributed by atoms with Crippen LogP contribution in [0, 0.1) is 17.3 Å². The Bertz CT molecular complexity index is 1860. The van der Waals surface area contributed by atoms with Crippen molar-refractivity contribution in [2.24, 2.45) is 9.98 Å². The van der Waals surface area contributed by atoms with Gasteiger partial charge in [-0.15, -0.1) is 4.99 Å². The summed E-state index contributed by atoms with van der Waals surface area (Å²) < 4.78 is 27.8. The second kappa shape index (κ2) is 25.1. The van der Waals surface area contributed by atoms with E-state index in [9.17, 15) is 24.0 Å². The summed E-state index contributed by atoms with van der Waals surface area (Å²) in [6, 6.07) is 7.22. The van der Waals surface area contributed by atoms with Crippen LogP contribution in [0.3, 0.4) is 0 Å². The predicted octanol–water partition coefficient (Wildman–Crippen LogP) is 11.6. The molecule has 0 spiro atoms. The average Bonchev–Trinajstić information content (AvgIpc) is 3.08. The van der Waals surface area contributed by atoms with Crippen LogP contribution >= 0.6 is 0 Å². The van der Waals surface area contributed by atoms with Gasteiger partial charge in [-0.25, -0.2) is 33.8 Å². The number of amidine groups is 1. The third-order valence-corrected chi connectivity index (χ3v) is 7.87. The van der Waals surface area contributed by atoms with Crippen LogP contribution in [-0.4, -0.2) is 98.9 Å². The van der Waals surface area contributed by atoms with Crippen LogP contribution in [0.1, 0.15) is 180 Å². The van der Waals surface area contributed by atoms with Gasteiger partial charge >= 0.3 is 30.5 Å². The summed E-state index contributed by atoms with van der Waals surface area (Å²) in [6.45, 7) is 27.4. The molecule has 0 saturated carbocycles. The summed E-state index contributed by atoms with van der Waals surface area (Å²) in [4.78, 5) is 76.8. The van der Waals surface area contributed by atoms with Gasteiger partial charge in [-0.3, -0.25) is 5.32 Å². The standard InChI is InChI=1S/C48H76N6O10/c1-34(49)36-30-28-35(29-31-36)26-23-25-33-54(43(59)64-48(14,15)16)38(52-41(57)62-46(8,9)10)53(42(58)63-47(11,12)13)32-24-21-19-17-18-20-22-27-37(50-39(55)60-44(2,3)4)51-40(56)61-45(5,6)7/h28-31,49H,17-22,24-25,27,32-33H2,1-16H3,(H,50,51,55,56). The Labute approximate surface area is 382 Å². The van der Waals surface area contributed by atoms with Gasteiger partial charge in [0.15, 0.2) is 0 Å². The zero-order chi connectivity index (χ0) is 49.1. The molecule has 16 nitrogen and oxygen atoms in total. The summed E-state index contributed by atoms with van der Waals surface area (Å²) in [5.41, 5.74) is -2.38. The summed E-state index contributed by atoms with van der Waals surface area (Å²) in [7, 11) is 0. The van der Waals surface area contributed by atoms with Crippen molar-refractivity contribution in [2.45, 2.75) is 197 Å². The first-order valence-corrected chi connectivity index (χ1v) is 22.0. The quantitative estimate of drug-likeness (QED) is 0.0631. The van der Waals surface area contributed by atoms with E-state index in [2.05, 4.69) is 27.1 Å². The Morgan fingerprint density at radius 2 is 1.00 bits per heavy atom. The Balaban J connectivity index is 3.31. The first kappa shape index (κ1) is 56.6. The zero-order valence-corrected chi connectivity index (χ0v) is 41.5. The molecule has 5 amide bonds. The van der Waals surface area contributed by atoms with Crippen LogP contribution in [0.5, 0.6) is 0 Å². The largest absolute Gasteiger partial charge is 0.444 e. The highest BCUT2D eigenvalue weighted by molar-refractivity contribution is 6.05. The molecular formula is C48H76N6O10. The minimum Gasteiger partial charge on any atom is -0.444 e. The SMILES string of the molecule is CC(=N)c1ccc(C#CCCN(C(=O)OC(C)(C)C)C(=NC(=O)OC(C)(C)C)N(CCCCCCCCCC(=NC(=O)OC(C)(C)C)NC(=O)OC(C)(C)C)C(=O)OC(C)(C)C)cc1. The number of unbranched alkanes of at least 4 members (excludes halogenated alkanes) is 6. The normalized spacial score (nSPS) is 12.6. The Morgan fingerprint density at radius 1 is 0.578 bits per heavy atom. The third-order valence-electron chi connectivity index (χ3n) is 7.87. The predicted molar refractivity (Wildman–Crippen MR) is 250 cm³/mol. The maximum Gasteiger partial charge on any atom is 0.437 e. The van der Waals surface area contributed by atoms with Gasteiger partial charge in [0.2, 0.25) is 5.96 Å². The van der Waals surface area contributed by atoms with Gasteiger partial charge in [0.25, 0.3) is 0 Å². The summed E-state index contributed by atoms with van der Waals surface area (Å²) in [5.74, 6) is 5.97. The van der Waals surface area contributed by atoms with Gasteiger partial charge in [-0.1, -0.05) is 56.1 Å². The maximum absolute atomic E-state index is 14.0. The number of benzene rings is 1. The molecule has 0 saturated heterocycles. The number of ether oxygens (including phenoxy) is 5. The second-order valence-electron chi connectivity index (χ2n) is 20.3. The number of guanidine groups is 1. The van der Waals surface area contributed by atoms with Crippen molar-refractivity contribution >= 4 is 48.0 Å². The molecule has 358 valence electrons. The lowest BCUT2D eigenvalue weighted by Crippen LogP contribution is -2.53. The zero-order valence-electron chi connectivity index (χ0n) is 41.5. The highest BCUT2D eigenvalue weighted by atomic mass is 16.6. The Hall–Kier alpha value is -5.46. The molecule has 0 atom stereocenters. The summed E-state index contributed by atoms with van der Waals surface area (Å²) >= 11 is 0. The Morgan fingerprint density at radius 3 is 1.45 bits per heavy atom. The number of carbonyl (C=O) groups is 5. The molecule has 1 aromatic rings. The fraction of sp³-hybridized carbons (Fsp3) is 0.667. The van der Waals surface area contributed by atoms with Gasteiger partial charge in [0, 0.05) is 37.2 Å². The molecule has 0 unspecified atom stereocenters. The first-order chi connectivity index (χ1) is 29.2. The molecule has 0 aromatic heterocycles. The minimum absolute atomic E-state index is 0.0428. The van der Waals surface area contributed by atoms with Crippen molar-refractivity contribution in [1.29, 1.82) is 5.41 Å². The number of hydrogen-bond acceptors (Lipinski definition) is 11. The summed E-state index contributed by atoms with van der Waals surface area (Å²) in [5, 5.41) is 10.4. The lowest BCUT2D eigenvalue weighted by Gasteiger charge is -2.34. The molecule has 0 radical (unpaired) electrons. The van der Waals surface area contributed by atoms with Crippen molar-refractivity contribution in [2.75, 3.05) is 13.1 Å². The lowest BCUT2D eigenvalue weighted by atomic mass is 10.1. The van der Waals surface area contributed by atoms with Crippen LogP contribution in [0.15, 0.2) is 34.3 Å². The van der Waals surface area contributed by atoms with Gasteiger partial charge < -0.3 is 29.1 Å². The maximum atomic E-state index is 14.0. The highest BCUT2D eigenvalue weighted by Crippen LogP contribution is 2.19. The molecule has 0 fully saturated rings. The van der Waals surface area contributed by atoms with E-state index in [1.54, 1.807) is 135 Å². The van der Waals surface area contributed by atoms with Crippen LogP contribution in [0.25, 0.3) is 0 Å². The van der Waals surface area contributed by atoms with E-state index in [0.717, 1.165) is 36.1 Å². The van der Waals surface area contributed by atoms with Crippen molar-refractivity contribution in [3.63, 3.8) is 0 Å². The van der Waals surface area contributed by atoms with Gasteiger partial charge in [0.05, 0.1) is 0 Å². The Kier molecular flexibility index (Phi) is 22.2. The first-order valence-electron chi connectivity index (χ1n) is 22.0. The molecule has 1 aromatic carbocycles. The topological polar surface area (TPSA) is 199 Å². The van der Waals surface area contributed by atoms with Crippen molar-refractivity contribution in [3.05, 3.63) is 35.4 Å². The molecular weight excluding hydrogens is 821 g/mol. The van der Waals surface area contributed by atoms with Crippen molar-refractivity contribution in [3.8, 4) is 11.8 Å². The smallest absolute Gasteiger partial charge is 0.437 e. The molecule has 1 rings (SSSR count). The molecule has 16 heteroatoms. The monoisotopic (exact) mass is 897 g/mol. The van der Waals surface area contributed by atoms with E-state index in [1.165, 1.54) is 4.90 Å². The molecule has 0 heterocycles. The van der Waals surface area contributed by atoms with Crippen LogP contribution in [0.2, 0.25) is 0 Å². The number of hydrogen-bond donors (Lipinski definition) is 2. The third kappa shape index (κ3) is 26.9. The van der Waals surface area contributed by atoms with E-state index < -0.39 is 58.5 Å². The summed E-state index contributed by atoms with van der Waals surface area (Å²) in [6.07, 6.45) is 1.27. The highest BCUT2D eigenvalue weighted by Gasteiger charge is 2.35. The molecule has 2 N–H and O–H groups in total. The van der Waals surface area contributed by atoms with E-state index in [1.807, 2.05) is 0 Å². The molecule has 0 aliphatic heterocycles. The van der Waals surface area contributed by atoms with Crippen LogP contribution in [-0.2, 0) is 23.7 Å². The van der Waals surface area contributed by atoms with Gasteiger partial charge in [-0.2, -0.15) is 4.99 Å². The molecule has 0 aliphatic carbocycles. The van der Waals surface area contributed by atoms with Crippen LogP contribution < -0.4 is 5.32 Å². The van der Waals surface area contributed by atoms with E-state index in [0.29, 0.717) is 37.0 Å². The van der Waals surface area contributed by atoms with Gasteiger partial charge in [0.1, 0.15) is 33.8 Å². The number of rotatable bonds is 13. The van der Waals surface area contributed by atoms with Crippen LogP contribution in [0.4, 0.5) is 24.0 Å². The van der Waals surface area contributed by atoms with E-state index >= 15 is 0 Å². The molecule has 0 aliphatic rings. The fourth-order valence-electron chi connectivity index (χ4n) is 5.36. The number of amides is 5. The van der Waals surface area contributed by atoms with Crippen molar-refractivity contribution in [1.82, 2.24) is 15.1 Å². The number of nitrogens with zero attached hydrogens (tertiary/aromatic N) is 4. The number of alkyl carbamates (subject to hydrolysis) is 1. The lowest BCUT2D eigenvalue weighted by molar-refractivity contribution is 0.0273. The van der Waals surface area contributed by atoms with Gasteiger partial charge in [-0.05, 0) is 141 Å².